The first-order valence-electron chi connectivity index (χ1n) is 14.0. The molecule has 15 heteroatoms. The summed E-state index contributed by atoms with van der Waals surface area (Å²) in [4.78, 5) is 88.2. The number of carboxylic acids is 6. The molecule has 4 aromatic carbocycles. The standard InChI is InChI=1S/C18H12N2O4.C17H10O9/c21-17(22)15-16(18(23)24)20-14(12-9-5-2-6-10-12)13(19-15)11-7-3-1-4-8-11;18-13(7-1-3-8(4-2-7)14(19)20)9-5-11(16(23)24)12(17(25)26)6-10(9)15(21)22/h1-10H,(H,21,22)(H,23,24);1-6H,(H,19,20)(H,21,22)(H,23,24)(H,25,26). The van der Waals surface area contributed by atoms with E-state index in [4.69, 9.17) is 15.3 Å². The third-order valence-corrected chi connectivity index (χ3v) is 6.88. The summed E-state index contributed by atoms with van der Waals surface area (Å²) in [6.45, 7) is 0. The van der Waals surface area contributed by atoms with Gasteiger partial charge < -0.3 is 30.6 Å². The molecule has 0 aliphatic heterocycles. The topological polar surface area (TPSA) is 267 Å². The van der Waals surface area contributed by atoms with Crippen LogP contribution in [0.2, 0.25) is 0 Å². The number of carbonyl (C=O) groups excluding carboxylic acids is 1. The summed E-state index contributed by atoms with van der Waals surface area (Å²) in [5, 5.41) is 54.8. The molecule has 5 rings (SSSR count). The zero-order valence-electron chi connectivity index (χ0n) is 25.2. The Morgan fingerprint density at radius 2 is 0.720 bits per heavy atom. The van der Waals surface area contributed by atoms with Crippen molar-refractivity contribution in [2.24, 2.45) is 0 Å². The molecule has 0 aliphatic rings. The highest BCUT2D eigenvalue weighted by atomic mass is 16.4. The number of aromatic nitrogens is 2. The molecular formula is C35H22N2O13. The Morgan fingerprint density at radius 1 is 0.380 bits per heavy atom. The molecular weight excluding hydrogens is 656 g/mol. The Morgan fingerprint density at radius 3 is 1.06 bits per heavy atom. The Labute approximate surface area is 280 Å². The second kappa shape index (κ2) is 14.9. The van der Waals surface area contributed by atoms with Gasteiger partial charge >= 0.3 is 35.8 Å². The minimum Gasteiger partial charge on any atom is -0.478 e. The van der Waals surface area contributed by atoms with Gasteiger partial charge in [-0.2, -0.15) is 0 Å². The summed E-state index contributed by atoms with van der Waals surface area (Å²) in [6.07, 6.45) is 0. The van der Waals surface area contributed by atoms with E-state index in [1.165, 1.54) is 0 Å². The smallest absolute Gasteiger partial charge is 0.357 e. The summed E-state index contributed by atoms with van der Waals surface area (Å²) < 4.78 is 0. The molecule has 0 amide bonds. The van der Waals surface area contributed by atoms with Gasteiger partial charge in [-0.1, -0.05) is 72.8 Å². The highest BCUT2D eigenvalue weighted by molar-refractivity contribution is 6.17. The maximum Gasteiger partial charge on any atom is 0.357 e. The molecule has 0 radical (unpaired) electrons. The van der Waals surface area contributed by atoms with E-state index in [0.29, 0.717) is 34.6 Å². The van der Waals surface area contributed by atoms with Gasteiger partial charge in [0.2, 0.25) is 0 Å². The summed E-state index contributed by atoms with van der Waals surface area (Å²) >= 11 is 0. The third-order valence-electron chi connectivity index (χ3n) is 6.88. The number of carbonyl (C=O) groups is 7. The number of nitrogens with zero attached hydrogens (tertiary/aromatic N) is 2. The van der Waals surface area contributed by atoms with Gasteiger partial charge in [-0.3, -0.25) is 4.79 Å². The van der Waals surface area contributed by atoms with Crippen molar-refractivity contribution in [1.82, 2.24) is 9.97 Å². The van der Waals surface area contributed by atoms with E-state index in [2.05, 4.69) is 9.97 Å². The van der Waals surface area contributed by atoms with Gasteiger partial charge in [0.05, 0.1) is 33.6 Å². The SMILES string of the molecule is O=C(O)c1ccc(C(=O)c2cc(C(=O)O)c(C(=O)O)cc2C(=O)O)cc1.O=C(O)c1nc(-c2ccccc2)c(-c2ccccc2)nc1C(=O)O. The predicted molar refractivity (Wildman–Crippen MR) is 171 cm³/mol. The lowest BCUT2D eigenvalue weighted by molar-refractivity contribution is 0.0641. The Balaban J connectivity index is 0.000000225. The van der Waals surface area contributed by atoms with Crippen molar-refractivity contribution >= 4 is 41.6 Å². The quantitative estimate of drug-likeness (QED) is 0.107. The molecule has 1 heterocycles. The molecule has 0 atom stereocenters. The fourth-order valence-electron chi connectivity index (χ4n) is 4.57. The monoisotopic (exact) mass is 678 g/mol. The molecule has 0 unspecified atom stereocenters. The number of rotatable bonds is 10. The number of aromatic carboxylic acids is 6. The van der Waals surface area contributed by atoms with Crippen LogP contribution in [-0.2, 0) is 0 Å². The van der Waals surface area contributed by atoms with Crippen molar-refractivity contribution < 1.29 is 64.2 Å². The van der Waals surface area contributed by atoms with Crippen molar-refractivity contribution in [1.29, 1.82) is 0 Å². The molecule has 0 fully saturated rings. The van der Waals surface area contributed by atoms with Crippen molar-refractivity contribution in [2.75, 3.05) is 0 Å². The first-order chi connectivity index (χ1) is 23.7. The largest absolute Gasteiger partial charge is 0.478 e. The van der Waals surface area contributed by atoms with Gasteiger partial charge in [0.1, 0.15) is 0 Å². The lowest BCUT2D eigenvalue weighted by atomic mass is 9.92. The second-order valence-corrected chi connectivity index (χ2v) is 10.0. The first kappa shape index (κ1) is 35.3. The van der Waals surface area contributed by atoms with Crippen LogP contribution in [-0.4, -0.2) is 82.2 Å². The van der Waals surface area contributed by atoms with Crippen LogP contribution >= 0.6 is 0 Å². The summed E-state index contributed by atoms with van der Waals surface area (Å²) in [6, 6.07) is 23.7. The maximum atomic E-state index is 12.6. The summed E-state index contributed by atoms with van der Waals surface area (Å²) in [5.74, 6) is -9.90. The second-order valence-electron chi connectivity index (χ2n) is 10.0. The average Bonchev–Trinajstić information content (AvgIpc) is 3.11. The fourth-order valence-corrected chi connectivity index (χ4v) is 4.57. The molecule has 0 bridgehead atoms. The van der Waals surface area contributed by atoms with Crippen LogP contribution in [0.1, 0.15) is 78.3 Å². The maximum absolute atomic E-state index is 12.6. The normalized spacial score (nSPS) is 10.2. The Bertz CT molecular complexity index is 2100. The van der Waals surface area contributed by atoms with E-state index in [1.54, 1.807) is 48.5 Å². The lowest BCUT2D eigenvalue weighted by Crippen LogP contribution is -2.16. The minimum absolute atomic E-state index is 0.0862. The molecule has 0 spiro atoms. The van der Waals surface area contributed by atoms with E-state index in [0.717, 1.165) is 24.3 Å². The molecule has 0 saturated carbocycles. The van der Waals surface area contributed by atoms with Gasteiger partial charge in [-0.05, 0) is 24.3 Å². The Kier molecular flexibility index (Phi) is 10.5. The van der Waals surface area contributed by atoms with Crippen LogP contribution in [0.3, 0.4) is 0 Å². The van der Waals surface area contributed by atoms with Gasteiger partial charge in [0.15, 0.2) is 17.2 Å². The highest BCUT2D eigenvalue weighted by Gasteiger charge is 2.27. The van der Waals surface area contributed by atoms with E-state index in [1.807, 2.05) is 12.1 Å². The Hall–Kier alpha value is -7.55. The molecule has 6 N–H and O–H groups in total. The van der Waals surface area contributed by atoms with E-state index < -0.39 is 75.2 Å². The predicted octanol–water partition coefficient (Wildman–Crippen LogP) is 4.92. The summed E-state index contributed by atoms with van der Waals surface area (Å²) in [7, 11) is 0. The van der Waals surface area contributed by atoms with E-state index in [-0.39, 0.29) is 11.1 Å². The number of hydrogen-bond acceptors (Lipinski definition) is 9. The fraction of sp³-hybridized carbons (Fsp3) is 0. The molecule has 50 heavy (non-hydrogen) atoms. The molecule has 0 saturated heterocycles. The zero-order chi connectivity index (χ0) is 36.7. The molecule has 0 aliphatic carbocycles. The molecule has 1 aromatic heterocycles. The van der Waals surface area contributed by atoms with Crippen LogP contribution in [0, 0.1) is 0 Å². The van der Waals surface area contributed by atoms with Crippen molar-refractivity contribution in [3.8, 4) is 22.5 Å². The lowest BCUT2D eigenvalue weighted by Gasteiger charge is -2.11. The average molecular weight is 679 g/mol. The first-order valence-corrected chi connectivity index (χ1v) is 14.0. The van der Waals surface area contributed by atoms with Crippen molar-refractivity contribution in [3.05, 3.63) is 142 Å². The van der Waals surface area contributed by atoms with Gasteiger partial charge in [0, 0.05) is 22.3 Å². The zero-order valence-corrected chi connectivity index (χ0v) is 25.2. The number of carboxylic acid groups (broad SMARTS) is 6. The van der Waals surface area contributed by atoms with Crippen LogP contribution < -0.4 is 0 Å². The van der Waals surface area contributed by atoms with Gasteiger partial charge in [-0.15, -0.1) is 0 Å². The van der Waals surface area contributed by atoms with E-state index in [9.17, 15) is 48.9 Å². The highest BCUT2D eigenvalue weighted by Crippen LogP contribution is 2.30. The van der Waals surface area contributed by atoms with Crippen LogP contribution in [0.25, 0.3) is 22.5 Å². The van der Waals surface area contributed by atoms with Crippen LogP contribution in [0.5, 0.6) is 0 Å². The van der Waals surface area contributed by atoms with Crippen molar-refractivity contribution in [3.63, 3.8) is 0 Å². The summed E-state index contributed by atoms with van der Waals surface area (Å²) in [5.41, 5.74) is -2.12. The molecule has 250 valence electrons. The molecule has 5 aromatic rings. The van der Waals surface area contributed by atoms with Crippen LogP contribution in [0.4, 0.5) is 0 Å². The van der Waals surface area contributed by atoms with E-state index >= 15 is 0 Å². The number of ketones is 1. The number of benzene rings is 4. The van der Waals surface area contributed by atoms with Crippen LogP contribution in [0.15, 0.2) is 97.1 Å². The van der Waals surface area contributed by atoms with Crippen molar-refractivity contribution in [2.45, 2.75) is 0 Å². The molecule has 15 nitrogen and oxygen atoms in total. The van der Waals surface area contributed by atoms with Gasteiger partial charge in [0.25, 0.3) is 0 Å². The number of hydrogen-bond donors (Lipinski definition) is 6. The minimum atomic E-state index is -1.66. The third kappa shape index (κ3) is 7.69. The van der Waals surface area contributed by atoms with Gasteiger partial charge in [-0.25, -0.2) is 38.7 Å².